The molecule has 0 saturated heterocycles. The molecule has 1 unspecified atom stereocenters. The van der Waals surface area contributed by atoms with E-state index in [2.05, 4.69) is 24.2 Å². The zero-order valence-electron chi connectivity index (χ0n) is 9.11. The van der Waals surface area contributed by atoms with Crippen molar-refractivity contribution in [2.75, 3.05) is 0 Å². The van der Waals surface area contributed by atoms with Crippen molar-refractivity contribution in [3.63, 3.8) is 0 Å². The largest absolute Gasteiger partial charge is 0.323 e. The van der Waals surface area contributed by atoms with Gasteiger partial charge in [-0.05, 0) is 12.8 Å². The van der Waals surface area contributed by atoms with E-state index in [-0.39, 0.29) is 6.04 Å². The first-order valence-electron chi connectivity index (χ1n) is 5.43. The van der Waals surface area contributed by atoms with Gasteiger partial charge in [-0.15, -0.1) is 5.10 Å². The molecule has 1 aromatic heterocycles. The molecule has 4 nitrogen and oxygen atoms in total. The highest BCUT2D eigenvalue weighted by Gasteiger charge is 2.11. The Bertz CT molecular complexity index is 256. The molecule has 0 spiro atoms. The smallest absolute Gasteiger partial charge is 0.0754 e. The molecule has 1 heterocycles. The number of hydrogen-bond acceptors (Lipinski definition) is 3. The Balaban J connectivity index is 2.58. The SMILES string of the molecule is CCCCC(N)c1cnnn1CCC. The Labute approximate surface area is 85.5 Å². The number of aromatic nitrogens is 3. The second kappa shape index (κ2) is 5.75. The molecule has 0 radical (unpaired) electrons. The van der Waals surface area contributed by atoms with E-state index in [1.165, 1.54) is 12.8 Å². The van der Waals surface area contributed by atoms with Gasteiger partial charge in [0.05, 0.1) is 11.9 Å². The van der Waals surface area contributed by atoms with Gasteiger partial charge in [0.1, 0.15) is 0 Å². The average Bonchev–Trinajstić information content (AvgIpc) is 2.63. The van der Waals surface area contributed by atoms with Gasteiger partial charge in [-0.3, -0.25) is 0 Å². The molecule has 4 heteroatoms. The summed E-state index contributed by atoms with van der Waals surface area (Å²) in [6.45, 7) is 5.21. The average molecular weight is 196 g/mol. The lowest BCUT2D eigenvalue weighted by Gasteiger charge is -2.11. The number of nitrogens with two attached hydrogens (primary N) is 1. The predicted octanol–water partition coefficient (Wildman–Crippen LogP) is 1.88. The second-order valence-electron chi connectivity index (χ2n) is 3.63. The van der Waals surface area contributed by atoms with E-state index in [9.17, 15) is 0 Å². The summed E-state index contributed by atoms with van der Waals surface area (Å²) in [6.07, 6.45) is 6.22. The molecule has 1 atom stereocenters. The highest BCUT2D eigenvalue weighted by atomic mass is 15.4. The van der Waals surface area contributed by atoms with Crippen molar-refractivity contribution in [2.24, 2.45) is 5.73 Å². The summed E-state index contributed by atoms with van der Waals surface area (Å²) in [5.41, 5.74) is 7.13. The van der Waals surface area contributed by atoms with Crippen LogP contribution in [0, 0.1) is 0 Å². The van der Waals surface area contributed by atoms with E-state index < -0.39 is 0 Å². The highest BCUT2D eigenvalue weighted by Crippen LogP contribution is 2.15. The minimum Gasteiger partial charge on any atom is -0.323 e. The Morgan fingerprint density at radius 1 is 1.43 bits per heavy atom. The maximum Gasteiger partial charge on any atom is 0.0754 e. The molecule has 0 aliphatic carbocycles. The third-order valence-electron chi connectivity index (χ3n) is 2.33. The molecule has 14 heavy (non-hydrogen) atoms. The van der Waals surface area contributed by atoms with Crippen LogP contribution in [0.25, 0.3) is 0 Å². The third kappa shape index (κ3) is 2.80. The van der Waals surface area contributed by atoms with Gasteiger partial charge >= 0.3 is 0 Å². The summed E-state index contributed by atoms with van der Waals surface area (Å²) in [5.74, 6) is 0. The second-order valence-corrected chi connectivity index (χ2v) is 3.63. The molecule has 2 N–H and O–H groups in total. The van der Waals surface area contributed by atoms with Crippen LogP contribution >= 0.6 is 0 Å². The standard InChI is InChI=1S/C10H20N4/c1-3-5-6-9(11)10-8-12-13-14(10)7-4-2/h8-9H,3-7,11H2,1-2H3. The molecular formula is C10H20N4. The minimum atomic E-state index is 0.0940. The summed E-state index contributed by atoms with van der Waals surface area (Å²) in [6, 6.07) is 0.0940. The molecule has 0 fully saturated rings. The molecule has 1 aromatic rings. The highest BCUT2D eigenvalue weighted by molar-refractivity contribution is 5.00. The monoisotopic (exact) mass is 196 g/mol. The fraction of sp³-hybridized carbons (Fsp3) is 0.800. The maximum absolute atomic E-state index is 6.06. The topological polar surface area (TPSA) is 56.7 Å². The van der Waals surface area contributed by atoms with Crippen molar-refractivity contribution in [1.82, 2.24) is 15.0 Å². The molecule has 0 saturated carbocycles. The van der Waals surface area contributed by atoms with E-state index in [0.717, 1.165) is 25.1 Å². The lowest BCUT2D eigenvalue weighted by Crippen LogP contribution is -2.16. The normalized spacial score (nSPS) is 13.1. The van der Waals surface area contributed by atoms with Crippen LogP contribution in [-0.2, 0) is 6.54 Å². The van der Waals surface area contributed by atoms with Crippen molar-refractivity contribution in [2.45, 2.75) is 52.1 Å². The van der Waals surface area contributed by atoms with Crippen molar-refractivity contribution < 1.29 is 0 Å². The zero-order chi connectivity index (χ0) is 10.4. The Morgan fingerprint density at radius 2 is 2.21 bits per heavy atom. The first kappa shape index (κ1) is 11.2. The van der Waals surface area contributed by atoms with Crippen LogP contribution < -0.4 is 5.73 Å². The number of aryl methyl sites for hydroxylation is 1. The van der Waals surface area contributed by atoms with Gasteiger partial charge in [0, 0.05) is 12.6 Å². The number of unbranched alkanes of at least 4 members (excludes halogenated alkanes) is 1. The van der Waals surface area contributed by atoms with Gasteiger partial charge in [0.2, 0.25) is 0 Å². The van der Waals surface area contributed by atoms with Gasteiger partial charge in [-0.25, -0.2) is 4.68 Å². The Kier molecular flexibility index (Phi) is 4.59. The van der Waals surface area contributed by atoms with Gasteiger partial charge in [0.25, 0.3) is 0 Å². The minimum absolute atomic E-state index is 0.0940. The van der Waals surface area contributed by atoms with Crippen LogP contribution in [0.3, 0.4) is 0 Å². The molecule has 80 valence electrons. The zero-order valence-corrected chi connectivity index (χ0v) is 9.11. The van der Waals surface area contributed by atoms with Crippen molar-refractivity contribution in [1.29, 1.82) is 0 Å². The molecular weight excluding hydrogens is 176 g/mol. The van der Waals surface area contributed by atoms with Gasteiger partial charge in [0.15, 0.2) is 0 Å². The molecule has 0 aliphatic heterocycles. The Morgan fingerprint density at radius 3 is 2.86 bits per heavy atom. The predicted molar refractivity (Wildman–Crippen MR) is 56.8 cm³/mol. The Hall–Kier alpha value is -0.900. The van der Waals surface area contributed by atoms with E-state index in [1.54, 1.807) is 6.20 Å². The van der Waals surface area contributed by atoms with E-state index in [1.807, 2.05) is 4.68 Å². The lowest BCUT2D eigenvalue weighted by atomic mass is 10.1. The third-order valence-corrected chi connectivity index (χ3v) is 2.33. The number of nitrogens with zero attached hydrogens (tertiary/aromatic N) is 3. The van der Waals surface area contributed by atoms with E-state index in [0.29, 0.717) is 0 Å². The number of rotatable bonds is 6. The van der Waals surface area contributed by atoms with Crippen molar-refractivity contribution in [3.05, 3.63) is 11.9 Å². The van der Waals surface area contributed by atoms with Crippen LogP contribution in [0.5, 0.6) is 0 Å². The van der Waals surface area contributed by atoms with E-state index in [4.69, 9.17) is 5.73 Å². The fourth-order valence-electron chi connectivity index (χ4n) is 1.51. The van der Waals surface area contributed by atoms with Crippen LogP contribution in [-0.4, -0.2) is 15.0 Å². The quantitative estimate of drug-likeness (QED) is 0.755. The van der Waals surface area contributed by atoms with Gasteiger partial charge in [-0.1, -0.05) is 31.9 Å². The molecule has 0 aliphatic rings. The molecule has 0 bridgehead atoms. The molecule has 1 rings (SSSR count). The van der Waals surface area contributed by atoms with Crippen LogP contribution in [0.15, 0.2) is 6.20 Å². The van der Waals surface area contributed by atoms with Crippen LogP contribution in [0.4, 0.5) is 0 Å². The maximum atomic E-state index is 6.06. The molecule has 0 aromatic carbocycles. The number of hydrogen-bond donors (Lipinski definition) is 1. The van der Waals surface area contributed by atoms with Gasteiger partial charge in [-0.2, -0.15) is 0 Å². The van der Waals surface area contributed by atoms with Crippen LogP contribution in [0.2, 0.25) is 0 Å². The lowest BCUT2D eigenvalue weighted by molar-refractivity contribution is 0.504. The summed E-state index contributed by atoms with van der Waals surface area (Å²) in [7, 11) is 0. The van der Waals surface area contributed by atoms with Crippen LogP contribution in [0.1, 0.15) is 51.3 Å². The first-order valence-corrected chi connectivity index (χ1v) is 5.43. The van der Waals surface area contributed by atoms with Gasteiger partial charge < -0.3 is 5.73 Å². The summed E-state index contributed by atoms with van der Waals surface area (Å²) in [5, 5.41) is 7.92. The first-order chi connectivity index (χ1) is 6.79. The van der Waals surface area contributed by atoms with Crippen molar-refractivity contribution >= 4 is 0 Å². The summed E-state index contributed by atoms with van der Waals surface area (Å²) >= 11 is 0. The fourth-order valence-corrected chi connectivity index (χ4v) is 1.51. The summed E-state index contributed by atoms with van der Waals surface area (Å²) in [4.78, 5) is 0. The molecule has 0 amide bonds. The van der Waals surface area contributed by atoms with Crippen molar-refractivity contribution in [3.8, 4) is 0 Å². The summed E-state index contributed by atoms with van der Waals surface area (Å²) < 4.78 is 1.92. The van der Waals surface area contributed by atoms with E-state index >= 15 is 0 Å².